The molecule has 0 unspecified atom stereocenters. The Balaban J connectivity index is 2.21. The minimum Gasteiger partial charge on any atom is -0.493 e. The first-order chi connectivity index (χ1) is 10.1. The van der Waals surface area contributed by atoms with Gasteiger partial charge < -0.3 is 19.5 Å². The topological polar surface area (TPSA) is 61.4 Å². The van der Waals surface area contributed by atoms with E-state index in [1.807, 2.05) is 32.0 Å². The summed E-state index contributed by atoms with van der Waals surface area (Å²) >= 11 is 0. The van der Waals surface area contributed by atoms with Crippen molar-refractivity contribution in [3.05, 3.63) is 23.8 Å². The van der Waals surface area contributed by atoms with E-state index in [1.165, 1.54) is 0 Å². The number of rotatable bonds is 5. The lowest BCUT2D eigenvalue weighted by atomic mass is 9.94. The molecule has 1 fully saturated rings. The fraction of sp³-hybridized carbons (Fsp3) is 0.562. The van der Waals surface area contributed by atoms with Crippen molar-refractivity contribution in [3.8, 4) is 11.5 Å². The first kappa shape index (κ1) is 15.6. The lowest BCUT2D eigenvalue weighted by molar-refractivity contribution is -0.678. The molecule has 1 saturated heterocycles. The van der Waals surface area contributed by atoms with Crippen LogP contribution in [0.1, 0.15) is 31.9 Å². The largest absolute Gasteiger partial charge is 0.493 e. The van der Waals surface area contributed by atoms with Crippen molar-refractivity contribution in [2.24, 2.45) is 5.92 Å². The standard InChI is InChI=1S/C16H23NO4/c1-10(2)21-16(18)12-7-8-17-15(12)11-5-6-13(19-3)14(9-11)20-4/h5-6,9-10,12,15,17H,7-8H2,1-4H3/p+1/t12-,15+/m0/s1. The Labute approximate surface area is 125 Å². The fourth-order valence-electron chi connectivity index (χ4n) is 2.81. The molecule has 21 heavy (non-hydrogen) atoms. The molecule has 2 atom stereocenters. The lowest BCUT2D eigenvalue weighted by Crippen LogP contribution is -2.82. The van der Waals surface area contributed by atoms with Crippen LogP contribution < -0.4 is 14.8 Å². The van der Waals surface area contributed by atoms with Gasteiger partial charge in [-0.2, -0.15) is 0 Å². The van der Waals surface area contributed by atoms with E-state index in [-0.39, 0.29) is 24.0 Å². The lowest BCUT2D eigenvalue weighted by Gasteiger charge is -2.18. The molecule has 2 N–H and O–H groups in total. The summed E-state index contributed by atoms with van der Waals surface area (Å²) in [5.74, 6) is 1.16. The third-order valence-corrected chi connectivity index (χ3v) is 3.78. The summed E-state index contributed by atoms with van der Waals surface area (Å²) in [6.07, 6.45) is 0.758. The number of carbonyl (C=O) groups excluding carboxylic acids is 1. The first-order valence-corrected chi connectivity index (χ1v) is 7.32. The van der Waals surface area contributed by atoms with Crippen LogP contribution in [0.25, 0.3) is 0 Å². The molecular formula is C16H24NO4+. The van der Waals surface area contributed by atoms with Gasteiger partial charge >= 0.3 is 5.97 Å². The van der Waals surface area contributed by atoms with E-state index in [4.69, 9.17) is 14.2 Å². The highest BCUT2D eigenvalue weighted by molar-refractivity contribution is 5.74. The van der Waals surface area contributed by atoms with Gasteiger partial charge in [0.15, 0.2) is 11.5 Å². The summed E-state index contributed by atoms with van der Waals surface area (Å²) in [6.45, 7) is 4.68. The van der Waals surface area contributed by atoms with Crippen molar-refractivity contribution in [3.63, 3.8) is 0 Å². The molecule has 0 aromatic heterocycles. The molecule has 0 radical (unpaired) electrons. The van der Waals surface area contributed by atoms with E-state index in [9.17, 15) is 4.79 Å². The predicted molar refractivity (Wildman–Crippen MR) is 78.4 cm³/mol. The molecule has 0 saturated carbocycles. The number of methoxy groups -OCH3 is 2. The minimum absolute atomic E-state index is 0.0795. The van der Waals surface area contributed by atoms with Crippen LogP contribution in [0.2, 0.25) is 0 Å². The van der Waals surface area contributed by atoms with Crippen LogP contribution in [0.15, 0.2) is 18.2 Å². The summed E-state index contributed by atoms with van der Waals surface area (Å²) in [5.41, 5.74) is 1.07. The Morgan fingerprint density at radius 1 is 1.24 bits per heavy atom. The summed E-state index contributed by atoms with van der Waals surface area (Å²) < 4.78 is 16.0. The first-order valence-electron chi connectivity index (χ1n) is 7.32. The van der Waals surface area contributed by atoms with Gasteiger partial charge in [-0.3, -0.25) is 4.79 Å². The molecule has 5 nitrogen and oxygen atoms in total. The van der Waals surface area contributed by atoms with Crippen LogP contribution >= 0.6 is 0 Å². The maximum atomic E-state index is 12.2. The number of esters is 1. The molecule has 0 aliphatic carbocycles. The molecule has 0 bridgehead atoms. The normalized spacial score (nSPS) is 21.4. The third-order valence-electron chi connectivity index (χ3n) is 3.78. The minimum atomic E-state index is -0.112. The van der Waals surface area contributed by atoms with Gasteiger partial charge in [-0.1, -0.05) is 0 Å². The Kier molecular flexibility index (Phi) is 5.07. The fourth-order valence-corrected chi connectivity index (χ4v) is 2.81. The summed E-state index contributed by atoms with van der Waals surface area (Å²) in [6, 6.07) is 5.89. The van der Waals surface area contributed by atoms with E-state index in [1.54, 1.807) is 14.2 Å². The Morgan fingerprint density at radius 2 is 1.95 bits per heavy atom. The molecule has 0 spiro atoms. The molecule has 1 aliphatic heterocycles. The van der Waals surface area contributed by atoms with Gasteiger partial charge in [0, 0.05) is 12.0 Å². The summed E-state index contributed by atoms with van der Waals surface area (Å²) in [5, 5.41) is 2.19. The van der Waals surface area contributed by atoms with Crippen molar-refractivity contribution < 1.29 is 24.3 Å². The van der Waals surface area contributed by atoms with Crippen molar-refractivity contribution in [1.29, 1.82) is 0 Å². The average Bonchev–Trinajstić information content (AvgIpc) is 2.95. The molecular weight excluding hydrogens is 270 g/mol. The van der Waals surface area contributed by atoms with Gasteiger partial charge in [-0.15, -0.1) is 0 Å². The van der Waals surface area contributed by atoms with E-state index in [0.717, 1.165) is 18.5 Å². The Bertz CT molecular complexity index is 501. The molecule has 116 valence electrons. The van der Waals surface area contributed by atoms with Crippen LogP contribution in [0, 0.1) is 5.92 Å². The van der Waals surface area contributed by atoms with E-state index < -0.39 is 0 Å². The number of quaternary nitrogens is 1. The zero-order valence-electron chi connectivity index (χ0n) is 13.1. The van der Waals surface area contributed by atoms with Gasteiger partial charge in [0.05, 0.1) is 26.9 Å². The number of carbonyl (C=O) groups is 1. The number of hydrogen-bond donors (Lipinski definition) is 1. The highest BCUT2D eigenvalue weighted by Crippen LogP contribution is 2.33. The van der Waals surface area contributed by atoms with Crippen LogP contribution in [0.5, 0.6) is 11.5 Å². The number of nitrogens with two attached hydrogens (primary N) is 1. The van der Waals surface area contributed by atoms with Crippen LogP contribution in [-0.4, -0.2) is 32.8 Å². The van der Waals surface area contributed by atoms with Gasteiger partial charge in [0.25, 0.3) is 0 Å². The highest BCUT2D eigenvalue weighted by Gasteiger charge is 2.39. The number of hydrogen-bond acceptors (Lipinski definition) is 4. The predicted octanol–water partition coefficient (Wildman–Crippen LogP) is 1.28. The van der Waals surface area contributed by atoms with E-state index in [0.29, 0.717) is 11.5 Å². The zero-order chi connectivity index (χ0) is 15.4. The zero-order valence-corrected chi connectivity index (χ0v) is 13.1. The van der Waals surface area contributed by atoms with Crippen LogP contribution in [0.4, 0.5) is 0 Å². The molecule has 5 heteroatoms. The second-order valence-corrected chi connectivity index (χ2v) is 5.55. The van der Waals surface area contributed by atoms with Gasteiger partial charge in [-0.05, 0) is 32.0 Å². The molecule has 1 aliphatic rings. The Morgan fingerprint density at radius 3 is 2.57 bits per heavy atom. The monoisotopic (exact) mass is 294 g/mol. The van der Waals surface area contributed by atoms with Gasteiger partial charge in [0.1, 0.15) is 12.0 Å². The van der Waals surface area contributed by atoms with Gasteiger partial charge in [0.2, 0.25) is 0 Å². The number of benzene rings is 1. The SMILES string of the molecule is COc1ccc([C@H]2[NH2+]CC[C@@H]2C(=O)OC(C)C)cc1OC. The van der Waals surface area contributed by atoms with E-state index in [2.05, 4.69) is 5.32 Å². The highest BCUT2D eigenvalue weighted by atomic mass is 16.5. The second kappa shape index (κ2) is 6.80. The summed E-state index contributed by atoms with van der Waals surface area (Å²) in [7, 11) is 3.23. The molecule has 1 aromatic rings. The second-order valence-electron chi connectivity index (χ2n) is 5.55. The van der Waals surface area contributed by atoms with Crippen molar-refractivity contribution in [2.75, 3.05) is 20.8 Å². The molecule has 1 heterocycles. The molecule has 0 amide bonds. The smallest absolute Gasteiger partial charge is 0.315 e. The van der Waals surface area contributed by atoms with Gasteiger partial charge in [-0.25, -0.2) is 0 Å². The maximum absolute atomic E-state index is 12.2. The van der Waals surface area contributed by atoms with Crippen LogP contribution in [0.3, 0.4) is 0 Å². The van der Waals surface area contributed by atoms with E-state index >= 15 is 0 Å². The maximum Gasteiger partial charge on any atom is 0.315 e. The molecule has 1 aromatic carbocycles. The third kappa shape index (κ3) is 3.47. The average molecular weight is 294 g/mol. The molecule has 2 rings (SSSR count). The van der Waals surface area contributed by atoms with Crippen molar-refractivity contribution in [2.45, 2.75) is 32.4 Å². The van der Waals surface area contributed by atoms with Crippen molar-refractivity contribution in [1.82, 2.24) is 0 Å². The number of ether oxygens (including phenoxy) is 3. The quantitative estimate of drug-likeness (QED) is 0.831. The van der Waals surface area contributed by atoms with Crippen LogP contribution in [-0.2, 0) is 9.53 Å². The summed E-state index contributed by atoms with van der Waals surface area (Å²) in [4.78, 5) is 12.2. The Hall–Kier alpha value is -1.75. The van der Waals surface area contributed by atoms with Crippen molar-refractivity contribution >= 4 is 5.97 Å².